The van der Waals surface area contributed by atoms with Crippen LogP contribution in [0.5, 0.6) is 0 Å². The predicted molar refractivity (Wildman–Crippen MR) is 83.5 cm³/mol. The molecule has 20 heavy (non-hydrogen) atoms. The Balaban J connectivity index is 2.27. The van der Waals surface area contributed by atoms with Gasteiger partial charge in [-0.2, -0.15) is 0 Å². The fourth-order valence-corrected chi connectivity index (χ4v) is 2.71. The molecule has 2 rings (SSSR count). The minimum absolute atomic E-state index is 0.389. The molecule has 0 amide bonds. The van der Waals surface area contributed by atoms with Crippen molar-refractivity contribution >= 4 is 23.4 Å². The van der Waals surface area contributed by atoms with Crippen LogP contribution in [0.1, 0.15) is 18.1 Å². The minimum Gasteiger partial charge on any atom is -0.383 e. The second-order valence-corrected chi connectivity index (χ2v) is 5.50. The van der Waals surface area contributed by atoms with Gasteiger partial charge in [0.05, 0.1) is 0 Å². The van der Waals surface area contributed by atoms with Crippen LogP contribution in [0, 0.1) is 6.92 Å². The highest BCUT2D eigenvalue weighted by Crippen LogP contribution is 2.29. The van der Waals surface area contributed by atoms with Gasteiger partial charge in [-0.05, 0) is 36.9 Å². The first-order valence-electron chi connectivity index (χ1n) is 6.46. The lowest BCUT2D eigenvalue weighted by molar-refractivity contribution is 0.717. The third kappa shape index (κ3) is 3.85. The molecule has 2 aromatic rings. The van der Waals surface area contributed by atoms with E-state index < -0.39 is 0 Å². The summed E-state index contributed by atoms with van der Waals surface area (Å²) in [6.07, 6.45) is 0. The molecule has 0 bridgehead atoms. The summed E-state index contributed by atoms with van der Waals surface area (Å²) >= 11 is 1.48. The van der Waals surface area contributed by atoms with Crippen molar-refractivity contribution in [2.24, 2.45) is 0 Å². The molecule has 0 aliphatic heterocycles. The van der Waals surface area contributed by atoms with Gasteiger partial charge in [-0.25, -0.2) is 9.97 Å². The molecule has 0 aliphatic carbocycles. The molecule has 1 aromatic carbocycles. The van der Waals surface area contributed by atoms with Crippen molar-refractivity contribution in [1.82, 2.24) is 15.3 Å². The molecule has 0 saturated heterocycles. The maximum absolute atomic E-state index is 5.70. The number of nitrogens with two attached hydrogens (primary N) is 2. The van der Waals surface area contributed by atoms with Crippen LogP contribution < -0.4 is 16.8 Å². The first kappa shape index (κ1) is 14.6. The molecular formula is C14H19N5S. The lowest BCUT2D eigenvalue weighted by atomic mass is 10.1. The van der Waals surface area contributed by atoms with E-state index in [0.29, 0.717) is 16.8 Å². The Morgan fingerprint density at radius 3 is 2.50 bits per heavy atom. The second-order valence-electron chi connectivity index (χ2n) is 4.49. The third-order valence-electron chi connectivity index (χ3n) is 2.73. The number of aromatic nitrogens is 2. The molecule has 0 fully saturated rings. The topological polar surface area (TPSA) is 89.8 Å². The van der Waals surface area contributed by atoms with E-state index in [9.17, 15) is 0 Å². The van der Waals surface area contributed by atoms with E-state index in [1.165, 1.54) is 22.9 Å². The van der Waals surface area contributed by atoms with Crippen LogP contribution in [-0.4, -0.2) is 16.5 Å². The number of aryl methyl sites for hydroxylation is 1. The summed E-state index contributed by atoms with van der Waals surface area (Å²) < 4.78 is 0. The number of nitrogens with one attached hydrogen (secondary N) is 1. The van der Waals surface area contributed by atoms with Gasteiger partial charge in [0.1, 0.15) is 11.6 Å². The molecular weight excluding hydrogens is 270 g/mol. The van der Waals surface area contributed by atoms with Crippen molar-refractivity contribution in [3.8, 4) is 0 Å². The standard InChI is InChI=1S/C14H19N5S/c1-3-17-8-10-6-9(2)4-5-11(10)20-14-18-12(15)7-13(16)19-14/h4-7,17H,3,8H2,1-2H3,(H4,15,16,18,19). The number of hydrogen-bond acceptors (Lipinski definition) is 6. The molecule has 0 saturated carbocycles. The van der Waals surface area contributed by atoms with E-state index >= 15 is 0 Å². The molecule has 5 N–H and O–H groups in total. The Bertz CT molecular complexity index is 580. The monoisotopic (exact) mass is 289 g/mol. The van der Waals surface area contributed by atoms with Crippen molar-refractivity contribution in [3.63, 3.8) is 0 Å². The molecule has 0 aliphatic rings. The maximum atomic E-state index is 5.70. The van der Waals surface area contributed by atoms with Crippen molar-refractivity contribution in [2.75, 3.05) is 18.0 Å². The molecule has 0 spiro atoms. The quantitative estimate of drug-likeness (QED) is 0.731. The number of nitrogen functional groups attached to an aromatic ring is 2. The third-order valence-corrected chi connectivity index (χ3v) is 3.71. The highest BCUT2D eigenvalue weighted by Gasteiger charge is 2.08. The summed E-state index contributed by atoms with van der Waals surface area (Å²) in [6, 6.07) is 7.88. The van der Waals surface area contributed by atoms with Gasteiger partial charge in [0.25, 0.3) is 0 Å². The molecule has 1 aromatic heterocycles. The number of hydrogen-bond donors (Lipinski definition) is 3. The number of nitrogens with zero attached hydrogens (tertiary/aromatic N) is 2. The van der Waals surface area contributed by atoms with Gasteiger partial charge in [-0.1, -0.05) is 24.6 Å². The number of benzene rings is 1. The Morgan fingerprint density at radius 1 is 1.15 bits per heavy atom. The van der Waals surface area contributed by atoms with Gasteiger partial charge in [0.2, 0.25) is 0 Å². The van der Waals surface area contributed by atoms with Crippen LogP contribution in [0.4, 0.5) is 11.6 Å². The Labute approximate surface area is 123 Å². The zero-order valence-corrected chi connectivity index (χ0v) is 12.5. The van der Waals surface area contributed by atoms with Gasteiger partial charge < -0.3 is 16.8 Å². The van der Waals surface area contributed by atoms with Gasteiger partial charge in [0.15, 0.2) is 5.16 Å². The predicted octanol–water partition coefficient (Wildman–Crippen LogP) is 2.21. The van der Waals surface area contributed by atoms with Crippen LogP contribution >= 0.6 is 11.8 Å². The van der Waals surface area contributed by atoms with Gasteiger partial charge in [-0.3, -0.25) is 0 Å². The normalized spacial score (nSPS) is 10.7. The number of anilines is 2. The summed E-state index contributed by atoms with van der Waals surface area (Å²) in [5.41, 5.74) is 13.9. The van der Waals surface area contributed by atoms with Gasteiger partial charge in [-0.15, -0.1) is 0 Å². The SMILES string of the molecule is CCNCc1cc(C)ccc1Sc1nc(N)cc(N)n1. The summed E-state index contributed by atoms with van der Waals surface area (Å²) in [5, 5.41) is 3.91. The lowest BCUT2D eigenvalue weighted by Crippen LogP contribution is -2.12. The highest BCUT2D eigenvalue weighted by molar-refractivity contribution is 7.99. The average molecular weight is 289 g/mol. The maximum Gasteiger partial charge on any atom is 0.196 e. The van der Waals surface area contributed by atoms with Crippen molar-refractivity contribution in [3.05, 3.63) is 35.4 Å². The van der Waals surface area contributed by atoms with E-state index in [2.05, 4.69) is 47.3 Å². The van der Waals surface area contributed by atoms with E-state index in [0.717, 1.165) is 18.0 Å². The van der Waals surface area contributed by atoms with E-state index in [4.69, 9.17) is 11.5 Å². The first-order valence-corrected chi connectivity index (χ1v) is 7.28. The summed E-state index contributed by atoms with van der Waals surface area (Å²) in [6.45, 7) is 5.92. The smallest absolute Gasteiger partial charge is 0.196 e. The molecule has 0 unspecified atom stereocenters. The average Bonchev–Trinajstić information content (AvgIpc) is 2.38. The Kier molecular flexibility index (Phi) is 4.81. The van der Waals surface area contributed by atoms with Crippen LogP contribution in [0.25, 0.3) is 0 Å². The number of rotatable bonds is 5. The lowest BCUT2D eigenvalue weighted by Gasteiger charge is -2.10. The highest BCUT2D eigenvalue weighted by atomic mass is 32.2. The zero-order valence-electron chi connectivity index (χ0n) is 11.7. The minimum atomic E-state index is 0.389. The summed E-state index contributed by atoms with van der Waals surface area (Å²) in [4.78, 5) is 9.52. The second kappa shape index (κ2) is 6.58. The Morgan fingerprint density at radius 2 is 1.85 bits per heavy atom. The molecule has 106 valence electrons. The first-order chi connectivity index (χ1) is 9.58. The molecule has 6 heteroatoms. The van der Waals surface area contributed by atoms with Crippen molar-refractivity contribution < 1.29 is 0 Å². The zero-order chi connectivity index (χ0) is 14.5. The summed E-state index contributed by atoms with van der Waals surface area (Å²) in [5.74, 6) is 0.778. The van der Waals surface area contributed by atoms with Gasteiger partial charge >= 0.3 is 0 Å². The van der Waals surface area contributed by atoms with E-state index in [1.807, 2.05) is 0 Å². The van der Waals surface area contributed by atoms with Crippen molar-refractivity contribution in [1.29, 1.82) is 0 Å². The molecule has 0 atom stereocenters. The molecule has 5 nitrogen and oxygen atoms in total. The van der Waals surface area contributed by atoms with Crippen LogP contribution in [0.3, 0.4) is 0 Å². The molecule has 1 heterocycles. The fourth-order valence-electron chi connectivity index (χ4n) is 1.81. The van der Waals surface area contributed by atoms with E-state index in [1.54, 1.807) is 6.07 Å². The van der Waals surface area contributed by atoms with Crippen LogP contribution in [0.15, 0.2) is 34.3 Å². The fraction of sp³-hybridized carbons (Fsp3) is 0.286. The largest absolute Gasteiger partial charge is 0.383 e. The molecule has 0 radical (unpaired) electrons. The van der Waals surface area contributed by atoms with E-state index in [-0.39, 0.29) is 0 Å². The van der Waals surface area contributed by atoms with Gasteiger partial charge in [0, 0.05) is 17.5 Å². The van der Waals surface area contributed by atoms with Crippen molar-refractivity contribution in [2.45, 2.75) is 30.4 Å². The summed E-state index contributed by atoms with van der Waals surface area (Å²) in [7, 11) is 0. The Hall–Kier alpha value is -1.79. The van der Waals surface area contributed by atoms with Crippen LogP contribution in [-0.2, 0) is 6.54 Å². The van der Waals surface area contributed by atoms with Crippen LogP contribution in [0.2, 0.25) is 0 Å².